The number of imidazole rings is 1. The molecule has 0 radical (unpaired) electrons. The molecule has 0 aliphatic carbocycles. The minimum Gasteiger partial charge on any atom is -0.437 e. The van der Waals surface area contributed by atoms with Gasteiger partial charge in [-0.3, -0.25) is 4.40 Å². The number of hydrogen-bond donors (Lipinski definition) is 0. The zero-order valence-corrected chi connectivity index (χ0v) is 13.3. The highest BCUT2D eigenvalue weighted by atomic mass is 35.5. The van der Waals surface area contributed by atoms with Crippen LogP contribution in [0.5, 0.6) is 11.6 Å². The molecule has 104 valence electrons. The minimum absolute atomic E-state index is 0.346. The number of thiazole rings is 1. The molecule has 2 heterocycles. The van der Waals surface area contributed by atoms with Crippen molar-refractivity contribution < 1.29 is 4.74 Å². The number of ether oxygens (including phenoxy) is 1. The maximum Gasteiger partial charge on any atom is 0.243 e. The second-order valence-electron chi connectivity index (χ2n) is 4.52. The Hall–Kier alpha value is -1.23. The zero-order chi connectivity index (χ0) is 14.3. The molecule has 0 aliphatic rings. The molecule has 0 unspecified atom stereocenters. The molecule has 0 fully saturated rings. The number of benzene rings is 1. The predicted molar refractivity (Wildman–Crippen MR) is 83.6 cm³/mol. The van der Waals surface area contributed by atoms with Crippen LogP contribution in [0, 0.1) is 13.8 Å². The Labute approximate surface area is 130 Å². The van der Waals surface area contributed by atoms with E-state index >= 15 is 0 Å². The van der Waals surface area contributed by atoms with Crippen molar-refractivity contribution in [3.8, 4) is 11.6 Å². The summed E-state index contributed by atoms with van der Waals surface area (Å²) in [6.45, 7) is 3.93. The molecule has 0 N–H and O–H groups in total. The van der Waals surface area contributed by atoms with Crippen LogP contribution in [0.1, 0.15) is 16.8 Å². The lowest BCUT2D eigenvalue weighted by molar-refractivity contribution is 0.454. The average molecular weight is 327 g/mol. The van der Waals surface area contributed by atoms with Crippen LogP contribution in [-0.2, 0) is 5.88 Å². The van der Waals surface area contributed by atoms with Crippen LogP contribution in [0.2, 0.25) is 5.02 Å². The molecule has 0 aliphatic heterocycles. The van der Waals surface area contributed by atoms with E-state index in [-0.39, 0.29) is 0 Å². The van der Waals surface area contributed by atoms with E-state index in [1.807, 2.05) is 42.0 Å². The molecule has 20 heavy (non-hydrogen) atoms. The first-order chi connectivity index (χ1) is 9.60. The molecule has 1 aromatic carbocycles. The molecule has 0 amide bonds. The largest absolute Gasteiger partial charge is 0.437 e. The Morgan fingerprint density at radius 3 is 2.65 bits per heavy atom. The lowest BCUT2D eigenvalue weighted by atomic mass is 10.1. The van der Waals surface area contributed by atoms with Crippen LogP contribution < -0.4 is 4.74 Å². The van der Waals surface area contributed by atoms with E-state index in [4.69, 9.17) is 27.9 Å². The van der Waals surface area contributed by atoms with Crippen molar-refractivity contribution in [3.05, 3.63) is 45.6 Å². The Kier molecular flexibility index (Phi) is 3.63. The van der Waals surface area contributed by atoms with Crippen LogP contribution in [0.15, 0.2) is 23.7 Å². The number of aryl methyl sites for hydroxylation is 2. The van der Waals surface area contributed by atoms with Crippen LogP contribution in [-0.4, -0.2) is 9.38 Å². The van der Waals surface area contributed by atoms with Gasteiger partial charge in [-0.2, -0.15) is 4.98 Å². The third-order valence-electron chi connectivity index (χ3n) is 3.07. The first-order valence-corrected chi connectivity index (χ1v) is 7.84. The van der Waals surface area contributed by atoms with Crippen molar-refractivity contribution in [2.45, 2.75) is 19.7 Å². The molecule has 0 saturated carbocycles. The molecular weight excluding hydrogens is 315 g/mol. The fourth-order valence-electron chi connectivity index (χ4n) is 2.17. The van der Waals surface area contributed by atoms with Crippen molar-refractivity contribution >= 4 is 39.5 Å². The van der Waals surface area contributed by atoms with E-state index in [2.05, 4.69) is 4.98 Å². The summed E-state index contributed by atoms with van der Waals surface area (Å²) in [6, 6.07) is 3.76. The molecule has 2 aromatic heterocycles. The van der Waals surface area contributed by atoms with Crippen molar-refractivity contribution in [1.29, 1.82) is 0 Å². The quantitative estimate of drug-likeness (QED) is 0.618. The SMILES string of the molecule is Cc1cc(Cl)cc(C)c1Oc1nc2sccn2c1CCl. The monoisotopic (exact) mass is 326 g/mol. The first kappa shape index (κ1) is 13.7. The van der Waals surface area contributed by atoms with Crippen molar-refractivity contribution in [2.24, 2.45) is 0 Å². The topological polar surface area (TPSA) is 26.5 Å². The van der Waals surface area contributed by atoms with E-state index in [1.165, 1.54) is 0 Å². The van der Waals surface area contributed by atoms with Crippen molar-refractivity contribution in [2.75, 3.05) is 0 Å². The number of aromatic nitrogens is 2. The Balaban J connectivity index is 2.07. The lowest BCUT2D eigenvalue weighted by Gasteiger charge is -2.11. The molecule has 0 saturated heterocycles. The van der Waals surface area contributed by atoms with Gasteiger partial charge in [0.15, 0.2) is 4.96 Å². The molecule has 3 rings (SSSR count). The Morgan fingerprint density at radius 2 is 2.00 bits per heavy atom. The second-order valence-corrected chi connectivity index (χ2v) is 6.10. The van der Waals surface area contributed by atoms with E-state index < -0.39 is 0 Å². The normalized spacial score (nSPS) is 11.2. The average Bonchev–Trinajstić information content (AvgIpc) is 2.93. The van der Waals surface area contributed by atoms with Crippen LogP contribution in [0.3, 0.4) is 0 Å². The summed E-state index contributed by atoms with van der Waals surface area (Å²) in [6.07, 6.45) is 1.94. The number of hydrogen-bond acceptors (Lipinski definition) is 3. The summed E-state index contributed by atoms with van der Waals surface area (Å²) in [5.74, 6) is 1.69. The number of alkyl halides is 1. The highest BCUT2D eigenvalue weighted by molar-refractivity contribution is 7.15. The number of rotatable bonds is 3. The van der Waals surface area contributed by atoms with Crippen molar-refractivity contribution in [3.63, 3.8) is 0 Å². The van der Waals surface area contributed by atoms with E-state index in [0.717, 1.165) is 27.5 Å². The molecule has 0 atom stereocenters. The zero-order valence-electron chi connectivity index (χ0n) is 11.0. The van der Waals surface area contributed by atoms with Gasteiger partial charge < -0.3 is 4.74 Å². The third kappa shape index (κ3) is 2.28. The van der Waals surface area contributed by atoms with Crippen molar-refractivity contribution in [1.82, 2.24) is 9.38 Å². The van der Waals surface area contributed by atoms with Gasteiger partial charge in [-0.1, -0.05) is 11.6 Å². The minimum atomic E-state index is 0.346. The summed E-state index contributed by atoms with van der Waals surface area (Å²) in [5, 5.41) is 2.68. The fourth-order valence-corrected chi connectivity index (χ4v) is 3.47. The summed E-state index contributed by atoms with van der Waals surface area (Å²) in [7, 11) is 0. The van der Waals surface area contributed by atoms with Gasteiger partial charge in [0.05, 0.1) is 5.88 Å². The fraction of sp³-hybridized carbons (Fsp3) is 0.214. The number of nitrogens with zero attached hydrogens (tertiary/aromatic N) is 2. The Bertz CT molecular complexity index is 756. The first-order valence-electron chi connectivity index (χ1n) is 6.05. The van der Waals surface area contributed by atoms with Gasteiger partial charge in [0, 0.05) is 16.6 Å². The molecule has 0 spiro atoms. The molecular formula is C14H12Cl2N2OS. The standard InChI is InChI=1S/C14H12Cl2N2OS/c1-8-5-10(16)6-9(2)12(8)19-13-11(7-15)18-3-4-20-14(18)17-13/h3-6H,7H2,1-2H3. The van der Waals surface area contributed by atoms with Crippen LogP contribution in [0.4, 0.5) is 0 Å². The van der Waals surface area contributed by atoms with Gasteiger partial charge in [-0.05, 0) is 37.1 Å². The number of halogens is 2. The maximum atomic E-state index is 6.04. The van der Waals surface area contributed by atoms with Gasteiger partial charge in [-0.25, -0.2) is 0 Å². The summed E-state index contributed by atoms with van der Waals surface area (Å²) >= 11 is 13.6. The molecule has 3 aromatic rings. The highest BCUT2D eigenvalue weighted by Crippen LogP contribution is 2.34. The van der Waals surface area contributed by atoms with Gasteiger partial charge in [0.2, 0.25) is 5.88 Å². The van der Waals surface area contributed by atoms with Crippen LogP contribution in [0.25, 0.3) is 4.96 Å². The highest BCUT2D eigenvalue weighted by Gasteiger charge is 2.16. The van der Waals surface area contributed by atoms with Gasteiger partial charge in [0.25, 0.3) is 0 Å². The molecule has 6 heteroatoms. The molecule has 3 nitrogen and oxygen atoms in total. The van der Waals surface area contributed by atoms with Gasteiger partial charge in [-0.15, -0.1) is 22.9 Å². The Morgan fingerprint density at radius 1 is 1.30 bits per heavy atom. The summed E-state index contributed by atoms with van der Waals surface area (Å²) in [4.78, 5) is 5.36. The molecule has 0 bridgehead atoms. The smallest absolute Gasteiger partial charge is 0.243 e. The third-order valence-corrected chi connectivity index (χ3v) is 4.30. The van der Waals surface area contributed by atoms with E-state index in [9.17, 15) is 0 Å². The van der Waals surface area contributed by atoms with Gasteiger partial charge in [0.1, 0.15) is 11.4 Å². The van der Waals surface area contributed by atoms with Gasteiger partial charge >= 0.3 is 0 Å². The van der Waals surface area contributed by atoms with E-state index in [0.29, 0.717) is 16.8 Å². The second kappa shape index (κ2) is 5.28. The number of fused-ring (bicyclic) bond motifs is 1. The van der Waals surface area contributed by atoms with Crippen LogP contribution >= 0.6 is 34.5 Å². The predicted octanol–water partition coefficient (Wildman–Crippen LogP) is 5.20. The lowest BCUT2D eigenvalue weighted by Crippen LogP contribution is -1.95. The summed E-state index contributed by atoms with van der Waals surface area (Å²) in [5.41, 5.74) is 2.82. The summed E-state index contributed by atoms with van der Waals surface area (Å²) < 4.78 is 7.94. The van der Waals surface area contributed by atoms with E-state index in [1.54, 1.807) is 11.3 Å². The maximum absolute atomic E-state index is 6.04.